The number of para-hydroxylation sites is 1. The number of hydrogen-bond acceptors (Lipinski definition) is 5. The maximum absolute atomic E-state index is 11.3. The summed E-state index contributed by atoms with van der Waals surface area (Å²) in [5, 5.41) is 2.45. The standard InChI is InChI=1S/C12H15NO5/c1-4-17-12(15)18-10-8(2)6-5-7-9(10)13-11(14)16-3/h5-7H,4H2,1-3H3,(H,13,14). The third kappa shape index (κ3) is 3.65. The Bertz CT molecular complexity index is 444. The van der Waals surface area contributed by atoms with Gasteiger partial charge in [-0.05, 0) is 25.5 Å². The number of ether oxygens (including phenoxy) is 3. The highest BCUT2D eigenvalue weighted by Crippen LogP contribution is 2.28. The number of aryl methyl sites for hydroxylation is 1. The molecule has 0 heterocycles. The predicted octanol–water partition coefficient (Wildman–Crippen LogP) is 2.71. The molecule has 0 atom stereocenters. The molecule has 0 aromatic heterocycles. The molecule has 0 aliphatic carbocycles. The van der Waals surface area contributed by atoms with E-state index in [4.69, 9.17) is 4.74 Å². The first-order valence-corrected chi connectivity index (χ1v) is 5.37. The van der Waals surface area contributed by atoms with Gasteiger partial charge >= 0.3 is 12.2 Å². The Morgan fingerprint density at radius 3 is 2.67 bits per heavy atom. The summed E-state index contributed by atoms with van der Waals surface area (Å²) in [6.45, 7) is 3.63. The molecule has 6 nitrogen and oxygen atoms in total. The average molecular weight is 253 g/mol. The van der Waals surface area contributed by atoms with Gasteiger partial charge in [0.15, 0.2) is 5.75 Å². The lowest BCUT2D eigenvalue weighted by Crippen LogP contribution is -2.15. The topological polar surface area (TPSA) is 73.9 Å². The summed E-state index contributed by atoms with van der Waals surface area (Å²) >= 11 is 0. The number of methoxy groups -OCH3 is 1. The maximum Gasteiger partial charge on any atom is 0.513 e. The molecular weight excluding hydrogens is 238 g/mol. The molecule has 0 spiro atoms. The van der Waals surface area contributed by atoms with E-state index in [-0.39, 0.29) is 12.4 Å². The minimum absolute atomic E-state index is 0.213. The summed E-state index contributed by atoms with van der Waals surface area (Å²) in [7, 11) is 1.25. The van der Waals surface area contributed by atoms with Gasteiger partial charge in [-0.25, -0.2) is 9.59 Å². The molecule has 1 N–H and O–H groups in total. The predicted molar refractivity (Wildman–Crippen MR) is 64.9 cm³/mol. The fourth-order valence-corrected chi connectivity index (χ4v) is 1.28. The first-order chi connectivity index (χ1) is 8.58. The number of nitrogens with one attached hydrogen (secondary N) is 1. The van der Waals surface area contributed by atoms with E-state index in [1.807, 2.05) is 0 Å². The molecule has 0 saturated heterocycles. The molecule has 1 aromatic carbocycles. The van der Waals surface area contributed by atoms with Crippen LogP contribution in [0.4, 0.5) is 15.3 Å². The Morgan fingerprint density at radius 1 is 1.33 bits per heavy atom. The van der Waals surface area contributed by atoms with Gasteiger partial charge in [-0.1, -0.05) is 12.1 Å². The first-order valence-electron chi connectivity index (χ1n) is 5.37. The van der Waals surface area contributed by atoms with Gasteiger partial charge < -0.3 is 14.2 Å². The second kappa shape index (κ2) is 6.48. The third-order valence-corrected chi connectivity index (χ3v) is 2.08. The van der Waals surface area contributed by atoms with E-state index in [0.717, 1.165) is 0 Å². The van der Waals surface area contributed by atoms with Crippen molar-refractivity contribution >= 4 is 17.9 Å². The van der Waals surface area contributed by atoms with Crippen LogP contribution in [-0.4, -0.2) is 26.0 Å². The van der Waals surface area contributed by atoms with Crippen LogP contribution in [0.25, 0.3) is 0 Å². The highest BCUT2D eigenvalue weighted by atomic mass is 16.7. The van der Waals surface area contributed by atoms with E-state index in [2.05, 4.69) is 14.8 Å². The summed E-state index contributed by atoms with van der Waals surface area (Å²) < 4.78 is 14.2. The number of amides is 1. The van der Waals surface area contributed by atoms with Crippen LogP contribution in [0.5, 0.6) is 5.75 Å². The Morgan fingerprint density at radius 2 is 2.06 bits per heavy atom. The van der Waals surface area contributed by atoms with Crippen LogP contribution >= 0.6 is 0 Å². The molecule has 6 heteroatoms. The van der Waals surface area contributed by atoms with Crippen LogP contribution in [0.3, 0.4) is 0 Å². The maximum atomic E-state index is 11.3. The lowest BCUT2D eigenvalue weighted by Gasteiger charge is -2.12. The van der Waals surface area contributed by atoms with Gasteiger partial charge in [-0.2, -0.15) is 0 Å². The summed E-state index contributed by atoms with van der Waals surface area (Å²) in [6, 6.07) is 5.06. The molecular formula is C12H15NO5. The van der Waals surface area contributed by atoms with Crippen LogP contribution < -0.4 is 10.1 Å². The van der Waals surface area contributed by atoms with Crippen molar-refractivity contribution in [2.75, 3.05) is 19.0 Å². The number of carbonyl (C=O) groups is 2. The molecule has 18 heavy (non-hydrogen) atoms. The monoisotopic (exact) mass is 253 g/mol. The molecule has 0 fully saturated rings. The largest absolute Gasteiger partial charge is 0.513 e. The van der Waals surface area contributed by atoms with Gasteiger partial charge in [-0.3, -0.25) is 5.32 Å². The molecule has 0 bridgehead atoms. The Balaban J connectivity index is 2.93. The second-order valence-electron chi connectivity index (χ2n) is 3.35. The van der Waals surface area contributed by atoms with E-state index < -0.39 is 12.2 Å². The minimum atomic E-state index is -0.820. The number of carbonyl (C=O) groups excluding carboxylic acids is 2. The highest BCUT2D eigenvalue weighted by Gasteiger charge is 2.14. The van der Waals surface area contributed by atoms with E-state index in [9.17, 15) is 9.59 Å². The minimum Gasteiger partial charge on any atom is -0.453 e. The van der Waals surface area contributed by atoms with Gasteiger partial charge in [0.25, 0.3) is 0 Å². The molecule has 0 aliphatic heterocycles. The Kier molecular flexibility index (Phi) is 4.98. The fourth-order valence-electron chi connectivity index (χ4n) is 1.28. The summed E-state index contributed by atoms with van der Waals surface area (Å²) in [4.78, 5) is 22.4. The van der Waals surface area contributed by atoms with Crippen molar-refractivity contribution in [2.45, 2.75) is 13.8 Å². The average Bonchev–Trinajstić information content (AvgIpc) is 2.33. The molecule has 98 valence electrons. The van der Waals surface area contributed by atoms with Crippen LogP contribution in [0, 0.1) is 6.92 Å². The number of hydrogen-bond donors (Lipinski definition) is 1. The first kappa shape index (κ1) is 13.8. The summed E-state index contributed by atoms with van der Waals surface area (Å²) in [5.74, 6) is 0.237. The van der Waals surface area contributed by atoms with Crippen molar-refractivity contribution in [3.63, 3.8) is 0 Å². The van der Waals surface area contributed by atoms with Crippen molar-refractivity contribution < 1.29 is 23.8 Å². The van der Waals surface area contributed by atoms with Crippen LogP contribution in [-0.2, 0) is 9.47 Å². The van der Waals surface area contributed by atoms with Crippen molar-refractivity contribution in [3.05, 3.63) is 23.8 Å². The molecule has 1 aromatic rings. The van der Waals surface area contributed by atoms with Crippen LogP contribution in [0.1, 0.15) is 12.5 Å². The Labute approximate surface area is 105 Å². The quantitative estimate of drug-likeness (QED) is 0.662. The van der Waals surface area contributed by atoms with Crippen molar-refractivity contribution in [2.24, 2.45) is 0 Å². The number of rotatable bonds is 3. The fraction of sp³-hybridized carbons (Fsp3) is 0.333. The molecule has 1 amide bonds. The number of benzene rings is 1. The zero-order valence-corrected chi connectivity index (χ0v) is 10.5. The highest BCUT2D eigenvalue weighted by molar-refractivity contribution is 5.87. The zero-order chi connectivity index (χ0) is 13.5. The van der Waals surface area contributed by atoms with E-state index in [0.29, 0.717) is 11.3 Å². The second-order valence-corrected chi connectivity index (χ2v) is 3.35. The van der Waals surface area contributed by atoms with Gasteiger partial charge in [0, 0.05) is 0 Å². The van der Waals surface area contributed by atoms with E-state index >= 15 is 0 Å². The SMILES string of the molecule is CCOC(=O)Oc1c(C)cccc1NC(=O)OC. The van der Waals surface area contributed by atoms with Crippen molar-refractivity contribution in [1.29, 1.82) is 0 Å². The normalized spacial score (nSPS) is 9.50. The van der Waals surface area contributed by atoms with Gasteiger partial charge in [0.1, 0.15) is 0 Å². The van der Waals surface area contributed by atoms with Gasteiger partial charge in [-0.15, -0.1) is 0 Å². The summed E-state index contributed by atoms with van der Waals surface area (Å²) in [6.07, 6.45) is -1.46. The molecule has 0 radical (unpaired) electrons. The van der Waals surface area contributed by atoms with E-state index in [1.54, 1.807) is 32.0 Å². The van der Waals surface area contributed by atoms with Crippen molar-refractivity contribution in [3.8, 4) is 5.75 Å². The molecule has 0 unspecified atom stereocenters. The van der Waals surface area contributed by atoms with Crippen LogP contribution in [0.15, 0.2) is 18.2 Å². The smallest absolute Gasteiger partial charge is 0.453 e. The molecule has 0 saturated carbocycles. The lowest BCUT2D eigenvalue weighted by molar-refractivity contribution is 0.104. The van der Waals surface area contributed by atoms with Crippen molar-refractivity contribution in [1.82, 2.24) is 0 Å². The summed E-state index contributed by atoms with van der Waals surface area (Å²) in [5.41, 5.74) is 1.03. The molecule has 0 aliphatic rings. The lowest BCUT2D eigenvalue weighted by atomic mass is 10.2. The zero-order valence-electron chi connectivity index (χ0n) is 10.5. The third-order valence-electron chi connectivity index (χ3n) is 2.08. The van der Waals surface area contributed by atoms with Gasteiger partial charge in [0.2, 0.25) is 0 Å². The number of anilines is 1. The van der Waals surface area contributed by atoms with Crippen LogP contribution in [0.2, 0.25) is 0 Å². The molecule has 1 rings (SSSR count). The van der Waals surface area contributed by atoms with E-state index in [1.165, 1.54) is 7.11 Å². The Hall–Kier alpha value is -2.24. The van der Waals surface area contributed by atoms with Gasteiger partial charge in [0.05, 0.1) is 19.4 Å².